The van der Waals surface area contributed by atoms with E-state index in [1.807, 2.05) is 19.9 Å². The minimum atomic E-state index is -0.594. The van der Waals surface area contributed by atoms with Gasteiger partial charge in [0.05, 0.1) is 5.76 Å². The van der Waals surface area contributed by atoms with Gasteiger partial charge in [0.15, 0.2) is 0 Å². The Morgan fingerprint density at radius 3 is 2.47 bits per heavy atom. The van der Waals surface area contributed by atoms with E-state index in [2.05, 4.69) is 27.7 Å². The number of allylic oxidation sites excluding steroid dienone is 3. The van der Waals surface area contributed by atoms with E-state index in [1.165, 1.54) is 6.08 Å². The molecule has 4 rings (SSSR count). The van der Waals surface area contributed by atoms with Gasteiger partial charge in [-0.05, 0) is 73.3 Å². The number of aromatic hydroxyl groups is 1. The van der Waals surface area contributed by atoms with Gasteiger partial charge in [0, 0.05) is 30.3 Å². The molecule has 0 amide bonds. The predicted octanol–water partition coefficient (Wildman–Crippen LogP) is 6.09. The molecule has 1 saturated carbocycles. The molecule has 1 aliphatic heterocycles. The van der Waals surface area contributed by atoms with Crippen LogP contribution in [-0.4, -0.2) is 26.7 Å². The van der Waals surface area contributed by atoms with Gasteiger partial charge in [0.25, 0.3) is 0 Å². The topological polar surface area (TPSA) is 87.0 Å². The van der Waals surface area contributed by atoms with Crippen LogP contribution in [0, 0.1) is 29.1 Å². The lowest BCUT2D eigenvalue weighted by Gasteiger charge is -2.47. The molecule has 2 aliphatic carbocycles. The molecule has 2 unspecified atom stereocenters. The summed E-state index contributed by atoms with van der Waals surface area (Å²) in [5, 5.41) is 30.9. The van der Waals surface area contributed by atoms with Crippen LogP contribution >= 0.6 is 0 Å². The summed E-state index contributed by atoms with van der Waals surface area (Å²) in [6.45, 7) is 12.4. The van der Waals surface area contributed by atoms with E-state index in [0.29, 0.717) is 25.7 Å². The van der Waals surface area contributed by atoms with Crippen LogP contribution in [-0.2, 0) is 11.2 Å². The number of ketones is 1. The van der Waals surface area contributed by atoms with Gasteiger partial charge in [-0.1, -0.05) is 27.7 Å². The first-order valence-electron chi connectivity index (χ1n) is 11.6. The third kappa shape index (κ3) is 3.32. The van der Waals surface area contributed by atoms with Crippen molar-refractivity contribution in [1.82, 2.24) is 0 Å². The average molecular weight is 441 g/mol. The number of rotatable bonds is 4. The normalized spacial score (nSPS) is 35.2. The maximum atomic E-state index is 13.4. The maximum Gasteiger partial charge on any atom is 0.137 e. The smallest absolute Gasteiger partial charge is 0.137 e. The minimum Gasteiger partial charge on any atom is -0.512 e. The Bertz CT molecular complexity index is 1030. The number of phenolic OH excluding ortho intramolecular Hbond substituents is 1. The number of carbonyl (C=O) groups excluding carboxylic acids is 1. The molecular weight excluding hydrogens is 404 g/mol. The van der Waals surface area contributed by atoms with E-state index in [9.17, 15) is 20.1 Å². The Labute approximate surface area is 190 Å². The lowest BCUT2D eigenvalue weighted by Crippen LogP contribution is -2.44. The highest BCUT2D eigenvalue weighted by molar-refractivity contribution is 5.80. The fourth-order valence-corrected chi connectivity index (χ4v) is 6.63. The van der Waals surface area contributed by atoms with E-state index in [1.54, 1.807) is 12.1 Å². The largest absolute Gasteiger partial charge is 0.512 e. The number of benzene rings is 1. The van der Waals surface area contributed by atoms with Crippen molar-refractivity contribution >= 4 is 5.78 Å². The lowest BCUT2D eigenvalue weighted by atomic mass is 9.56. The Morgan fingerprint density at radius 2 is 1.78 bits per heavy atom. The molecule has 32 heavy (non-hydrogen) atoms. The van der Waals surface area contributed by atoms with Crippen molar-refractivity contribution < 1.29 is 24.9 Å². The highest BCUT2D eigenvalue weighted by atomic mass is 16.5. The molecule has 1 aromatic rings. The van der Waals surface area contributed by atoms with Crippen LogP contribution in [0.3, 0.4) is 0 Å². The highest BCUT2D eigenvalue weighted by Crippen LogP contribution is 2.69. The number of aliphatic hydroxyl groups excluding tert-OH is 2. The van der Waals surface area contributed by atoms with Crippen molar-refractivity contribution in [1.29, 1.82) is 0 Å². The molecule has 0 radical (unpaired) electrons. The average Bonchev–Trinajstić information content (AvgIpc) is 2.75. The highest BCUT2D eigenvalue weighted by Gasteiger charge is 2.64. The van der Waals surface area contributed by atoms with Crippen molar-refractivity contribution in [2.75, 3.05) is 0 Å². The summed E-state index contributed by atoms with van der Waals surface area (Å²) in [6, 6.07) is 3.44. The first-order valence-corrected chi connectivity index (χ1v) is 11.6. The van der Waals surface area contributed by atoms with Gasteiger partial charge < -0.3 is 20.1 Å². The Hall–Kier alpha value is -2.43. The number of phenols is 1. The monoisotopic (exact) mass is 440 g/mol. The molecule has 0 spiro atoms. The number of aryl methyl sites for hydroxylation is 2. The quantitative estimate of drug-likeness (QED) is 0.527. The maximum absolute atomic E-state index is 13.4. The fraction of sp³-hybridized carbons (Fsp3) is 0.593. The minimum absolute atomic E-state index is 0.0665. The van der Waals surface area contributed by atoms with Gasteiger partial charge >= 0.3 is 0 Å². The van der Waals surface area contributed by atoms with Gasteiger partial charge in [-0.3, -0.25) is 4.79 Å². The number of fused-ring (bicyclic) bond motifs is 3. The Kier molecular flexibility index (Phi) is 5.00. The van der Waals surface area contributed by atoms with Crippen LogP contribution < -0.4 is 4.74 Å². The van der Waals surface area contributed by atoms with Gasteiger partial charge in [-0.25, -0.2) is 0 Å². The molecule has 0 aromatic heterocycles. The van der Waals surface area contributed by atoms with E-state index in [-0.39, 0.29) is 34.4 Å². The Balaban J connectivity index is 1.56. The SMILES string of the molecule is Cc1cc(O)cc2c1OC(C)(CC(=O)C[C@@]1(C)CC3C(O)=CC(O)=C[C@]1(C)C3(C)C)CC2. The van der Waals surface area contributed by atoms with E-state index < -0.39 is 16.4 Å². The molecular formula is C27H36O5. The molecule has 2 bridgehead atoms. The molecule has 5 nitrogen and oxygen atoms in total. The summed E-state index contributed by atoms with van der Waals surface area (Å²) in [4.78, 5) is 13.4. The van der Waals surface area contributed by atoms with Gasteiger partial charge in [0.1, 0.15) is 28.6 Å². The fourth-order valence-electron chi connectivity index (χ4n) is 6.63. The lowest BCUT2D eigenvalue weighted by molar-refractivity contribution is -0.127. The van der Waals surface area contributed by atoms with Crippen LogP contribution in [0.5, 0.6) is 11.5 Å². The number of hydrogen-bond donors (Lipinski definition) is 3. The van der Waals surface area contributed by atoms with Crippen LogP contribution in [0.25, 0.3) is 0 Å². The van der Waals surface area contributed by atoms with Crippen molar-refractivity contribution in [3.05, 3.63) is 46.9 Å². The van der Waals surface area contributed by atoms with Crippen molar-refractivity contribution in [2.45, 2.75) is 79.2 Å². The van der Waals surface area contributed by atoms with E-state index >= 15 is 0 Å². The molecule has 1 aromatic carbocycles. The van der Waals surface area contributed by atoms with Gasteiger partial charge in [0.2, 0.25) is 0 Å². The Morgan fingerprint density at radius 1 is 1.09 bits per heavy atom. The number of hydrogen-bond acceptors (Lipinski definition) is 5. The zero-order chi connectivity index (χ0) is 23.7. The first-order chi connectivity index (χ1) is 14.7. The second-order valence-electron chi connectivity index (χ2n) is 11.6. The van der Waals surface area contributed by atoms with Gasteiger partial charge in [-0.2, -0.15) is 0 Å². The summed E-state index contributed by atoms with van der Waals surface area (Å²) in [6.07, 6.45) is 6.12. The van der Waals surface area contributed by atoms with E-state index in [4.69, 9.17) is 4.74 Å². The summed E-state index contributed by atoms with van der Waals surface area (Å²) in [5.74, 6) is 1.30. The van der Waals surface area contributed by atoms with Crippen LogP contribution in [0.4, 0.5) is 0 Å². The zero-order valence-electron chi connectivity index (χ0n) is 20.1. The van der Waals surface area contributed by atoms with Crippen molar-refractivity contribution in [3.63, 3.8) is 0 Å². The van der Waals surface area contributed by atoms with Crippen LogP contribution in [0.15, 0.2) is 35.8 Å². The molecule has 0 saturated heterocycles. The van der Waals surface area contributed by atoms with Crippen LogP contribution in [0.2, 0.25) is 0 Å². The third-order valence-corrected chi connectivity index (χ3v) is 8.97. The molecule has 4 atom stereocenters. The second kappa shape index (κ2) is 7.03. The number of ether oxygens (including phenoxy) is 1. The third-order valence-electron chi connectivity index (χ3n) is 8.97. The van der Waals surface area contributed by atoms with Crippen molar-refractivity contribution in [2.24, 2.45) is 22.2 Å². The molecule has 1 heterocycles. The predicted molar refractivity (Wildman–Crippen MR) is 124 cm³/mol. The molecule has 3 aliphatic rings. The second-order valence-corrected chi connectivity index (χ2v) is 11.6. The van der Waals surface area contributed by atoms with Crippen molar-refractivity contribution in [3.8, 4) is 11.5 Å². The first kappa shape index (κ1) is 22.8. The summed E-state index contributed by atoms with van der Waals surface area (Å²) in [5.41, 5.74) is 0.0970. The molecule has 1 fully saturated rings. The summed E-state index contributed by atoms with van der Waals surface area (Å²) < 4.78 is 6.35. The summed E-state index contributed by atoms with van der Waals surface area (Å²) in [7, 11) is 0. The standard InChI is InChI=1S/C27H36O5/c1-16-9-18(28)10-17-7-8-26(5,32-23(16)17)13-20(30)12-25(4)15-21-22(31)11-19(29)14-27(25,6)24(21,2)3/h9-11,14,21,28-29,31H,7-8,12-13,15H2,1-6H3/t21?,25-,26?,27+/m0/s1. The molecule has 5 heteroatoms. The molecule has 174 valence electrons. The van der Waals surface area contributed by atoms with Gasteiger partial charge in [-0.15, -0.1) is 0 Å². The number of Topliss-reactive ketones (excluding diaryl/α,β-unsaturated/α-hetero) is 1. The number of aliphatic hydroxyl groups is 2. The van der Waals surface area contributed by atoms with Crippen LogP contribution in [0.1, 0.15) is 71.4 Å². The zero-order valence-corrected chi connectivity index (χ0v) is 20.1. The molecule has 3 N–H and O–H groups in total. The number of carbonyl (C=O) groups is 1. The van der Waals surface area contributed by atoms with E-state index in [0.717, 1.165) is 23.3 Å². The summed E-state index contributed by atoms with van der Waals surface area (Å²) >= 11 is 0.